The van der Waals surface area contributed by atoms with Crippen LogP contribution in [0.1, 0.15) is 0 Å². The molecular formula is C23H15N3OS. The lowest BCUT2D eigenvalue weighted by Gasteiger charge is -2.03. The second-order valence-electron chi connectivity index (χ2n) is 6.41. The Morgan fingerprint density at radius 1 is 0.750 bits per heavy atom. The molecule has 0 aliphatic rings. The molecule has 3 aromatic carbocycles. The number of hydrogen-bond donors (Lipinski definition) is 0. The monoisotopic (exact) mass is 381 g/mol. The molecule has 5 aromatic rings. The zero-order valence-electron chi connectivity index (χ0n) is 14.8. The van der Waals surface area contributed by atoms with Gasteiger partial charge in [0.1, 0.15) is 0 Å². The molecule has 28 heavy (non-hydrogen) atoms. The third-order valence-electron chi connectivity index (χ3n) is 4.66. The minimum atomic E-state index is -0.154. The van der Waals surface area contributed by atoms with Crippen molar-refractivity contribution in [1.29, 1.82) is 0 Å². The molecule has 0 aliphatic carbocycles. The van der Waals surface area contributed by atoms with Crippen LogP contribution in [0.4, 0.5) is 0 Å². The van der Waals surface area contributed by atoms with Crippen LogP contribution in [0.15, 0.2) is 95.2 Å². The Kier molecular flexibility index (Phi) is 4.07. The molecule has 0 fully saturated rings. The summed E-state index contributed by atoms with van der Waals surface area (Å²) in [5.41, 5.74) is 4.03. The molecule has 5 heteroatoms. The third kappa shape index (κ3) is 2.92. The molecule has 0 N–H and O–H groups in total. The molecule has 0 aliphatic heterocycles. The highest BCUT2D eigenvalue weighted by Crippen LogP contribution is 2.26. The molecule has 134 valence electrons. The van der Waals surface area contributed by atoms with Gasteiger partial charge in [-0.15, -0.1) is 11.3 Å². The molecular weight excluding hydrogens is 366 g/mol. The minimum absolute atomic E-state index is 0.154. The van der Waals surface area contributed by atoms with E-state index >= 15 is 0 Å². The van der Waals surface area contributed by atoms with Crippen LogP contribution in [0, 0.1) is 0 Å². The van der Waals surface area contributed by atoms with Crippen LogP contribution in [0.2, 0.25) is 0 Å². The lowest BCUT2D eigenvalue weighted by atomic mass is 10.0. The zero-order chi connectivity index (χ0) is 18.9. The summed E-state index contributed by atoms with van der Waals surface area (Å²) in [4.78, 5) is 17.4. The number of aromatic nitrogens is 3. The molecule has 5 rings (SSSR count). The van der Waals surface area contributed by atoms with Crippen molar-refractivity contribution in [3.8, 4) is 27.5 Å². The molecule has 0 saturated heterocycles. The molecule has 2 aromatic heterocycles. The largest absolute Gasteiger partial charge is 0.281 e. The summed E-state index contributed by atoms with van der Waals surface area (Å²) >= 11 is 1.41. The number of nitrogens with zero attached hydrogens (tertiary/aromatic N) is 3. The van der Waals surface area contributed by atoms with Gasteiger partial charge in [-0.25, -0.2) is 4.98 Å². The van der Waals surface area contributed by atoms with Crippen LogP contribution >= 0.6 is 11.3 Å². The molecule has 0 radical (unpaired) electrons. The maximum Gasteiger partial charge on any atom is 0.281 e. The first-order valence-corrected chi connectivity index (χ1v) is 9.76. The van der Waals surface area contributed by atoms with Gasteiger partial charge >= 0.3 is 0 Å². The number of hydrogen-bond acceptors (Lipinski definition) is 4. The van der Waals surface area contributed by atoms with Gasteiger partial charge in [0.2, 0.25) is 5.13 Å². The number of benzene rings is 3. The Morgan fingerprint density at radius 3 is 2.25 bits per heavy atom. The molecule has 0 amide bonds. The summed E-state index contributed by atoms with van der Waals surface area (Å²) in [5.74, 6) is 0. The SMILES string of the molecule is O=c1c2ccccc2cnn1-c1nc(-c2ccc(-c3ccccc3)cc2)cs1. The predicted molar refractivity (Wildman–Crippen MR) is 114 cm³/mol. The first-order valence-electron chi connectivity index (χ1n) is 8.88. The summed E-state index contributed by atoms with van der Waals surface area (Å²) in [6.07, 6.45) is 1.70. The van der Waals surface area contributed by atoms with Gasteiger partial charge in [-0.2, -0.15) is 9.78 Å². The average Bonchev–Trinajstić information content (AvgIpc) is 3.25. The van der Waals surface area contributed by atoms with Crippen molar-refractivity contribution in [3.05, 3.63) is 101 Å². The van der Waals surface area contributed by atoms with Crippen molar-refractivity contribution in [1.82, 2.24) is 14.8 Å². The summed E-state index contributed by atoms with van der Waals surface area (Å²) in [7, 11) is 0. The van der Waals surface area contributed by atoms with Crippen molar-refractivity contribution < 1.29 is 0 Å². The van der Waals surface area contributed by atoms with Crippen molar-refractivity contribution >= 4 is 22.1 Å². The van der Waals surface area contributed by atoms with E-state index in [2.05, 4.69) is 46.5 Å². The highest BCUT2D eigenvalue weighted by atomic mass is 32.1. The Bertz CT molecular complexity index is 1320. The fourth-order valence-corrected chi connectivity index (χ4v) is 3.97. The van der Waals surface area contributed by atoms with Crippen LogP contribution in [0.5, 0.6) is 0 Å². The van der Waals surface area contributed by atoms with Gasteiger partial charge in [-0.1, -0.05) is 72.8 Å². The first kappa shape index (κ1) is 16.6. The molecule has 0 unspecified atom stereocenters. The molecule has 4 nitrogen and oxygen atoms in total. The number of thiazole rings is 1. The van der Waals surface area contributed by atoms with Crippen molar-refractivity contribution in [3.63, 3.8) is 0 Å². The Balaban J connectivity index is 1.50. The Labute approximate surface area is 165 Å². The lowest BCUT2D eigenvalue weighted by Crippen LogP contribution is -2.20. The average molecular weight is 381 g/mol. The van der Waals surface area contributed by atoms with Crippen LogP contribution in [-0.2, 0) is 0 Å². The fraction of sp³-hybridized carbons (Fsp3) is 0. The minimum Gasteiger partial charge on any atom is -0.267 e. The lowest BCUT2D eigenvalue weighted by molar-refractivity contribution is 0.813. The molecule has 2 heterocycles. The fourth-order valence-electron chi connectivity index (χ4n) is 3.19. The van der Waals surface area contributed by atoms with E-state index in [0.29, 0.717) is 10.5 Å². The first-order chi connectivity index (χ1) is 13.8. The Morgan fingerprint density at radius 2 is 1.43 bits per heavy atom. The van der Waals surface area contributed by atoms with E-state index in [-0.39, 0.29) is 5.56 Å². The maximum atomic E-state index is 12.7. The van der Waals surface area contributed by atoms with Crippen molar-refractivity contribution in [2.75, 3.05) is 0 Å². The van der Waals surface area contributed by atoms with E-state index in [1.165, 1.54) is 21.6 Å². The van der Waals surface area contributed by atoms with E-state index in [4.69, 9.17) is 0 Å². The van der Waals surface area contributed by atoms with E-state index in [1.807, 2.05) is 47.8 Å². The van der Waals surface area contributed by atoms with Gasteiger partial charge in [0.15, 0.2) is 0 Å². The topological polar surface area (TPSA) is 47.8 Å². The highest BCUT2D eigenvalue weighted by molar-refractivity contribution is 7.12. The summed E-state index contributed by atoms with van der Waals surface area (Å²) in [6.45, 7) is 0. The number of rotatable bonds is 3. The van der Waals surface area contributed by atoms with E-state index < -0.39 is 0 Å². The van der Waals surface area contributed by atoms with Crippen LogP contribution < -0.4 is 5.56 Å². The van der Waals surface area contributed by atoms with Crippen LogP contribution in [0.3, 0.4) is 0 Å². The summed E-state index contributed by atoms with van der Waals surface area (Å²) in [5, 5.41) is 8.28. The smallest absolute Gasteiger partial charge is 0.267 e. The van der Waals surface area contributed by atoms with E-state index in [9.17, 15) is 4.79 Å². The van der Waals surface area contributed by atoms with Gasteiger partial charge in [0, 0.05) is 16.3 Å². The second-order valence-corrected chi connectivity index (χ2v) is 7.24. The second kappa shape index (κ2) is 6.87. The van der Waals surface area contributed by atoms with Crippen molar-refractivity contribution in [2.24, 2.45) is 0 Å². The quantitative estimate of drug-likeness (QED) is 0.433. The van der Waals surface area contributed by atoms with E-state index in [0.717, 1.165) is 22.2 Å². The van der Waals surface area contributed by atoms with Gasteiger partial charge in [0.05, 0.1) is 17.3 Å². The highest BCUT2D eigenvalue weighted by Gasteiger charge is 2.11. The summed E-state index contributed by atoms with van der Waals surface area (Å²) in [6, 6.07) is 26.0. The predicted octanol–water partition coefficient (Wildman–Crippen LogP) is 5.18. The molecule has 0 bridgehead atoms. The molecule has 0 saturated carbocycles. The van der Waals surface area contributed by atoms with Crippen molar-refractivity contribution in [2.45, 2.75) is 0 Å². The van der Waals surface area contributed by atoms with Gasteiger partial charge < -0.3 is 0 Å². The molecule has 0 spiro atoms. The van der Waals surface area contributed by atoms with Gasteiger partial charge in [-0.3, -0.25) is 4.79 Å². The molecule has 0 atom stereocenters. The van der Waals surface area contributed by atoms with Gasteiger partial charge in [0.25, 0.3) is 5.56 Å². The van der Waals surface area contributed by atoms with Gasteiger partial charge in [-0.05, 0) is 17.2 Å². The van der Waals surface area contributed by atoms with Crippen LogP contribution in [0.25, 0.3) is 38.3 Å². The Hall–Kier alpha value is -3.57. The zero-order valence-corrected chi connectivity index (χ0v) is 15.6. The normalized spacial score (nSPS) is 11.0. The number of fused-ring (bicyclic) bond motifs is 1. The van der Waals surface area contributed by atoms with Crippen LogP contribution in [-0.4, -0.2) is 14.8 Å². The summed E-state index contributed by atoms with van der Waals surface area (Å²) < 4.78 is 1.37. The third-order valence-corrected chi connectivity index (χ3v) is 5.47. The van der Waals surface area contributed by atoms with E-state index in [1.54, 1.807) is 6.20 Å². The maximum absolute atomic E-state index is 12.7. The standard InChI is InChI=1S/C23H15N3OS/c27-22-20-9-5-4-8-19(20)14-24-26(22)23-25-21(15-28-23)18-12-10-17(11-13-18)16-6-2-1-3-7-16/h1-15H.